The van der Waals surface area contributed by atoms with E-state index >= 15 is 0 Å². The van der Waals surface area contributed by atoms with Gasteiger partial charge in [-0.05, 0) is 19.3 Å². The number of fused-ring (bicyclic) bond motifs is 2. The fraction of sp³-hybridized carbons (Fsp3) is 0.720. The van der Waals surface area contributed by atoms with Gasteiger partial charge >= 0.3 is 5.97 Å². The summed E-state index contributed by atoms with van der Waals surface area (Å²) in [6, 6.07) is -0.643. The van der Waals surface area contributed by atoms with Gasteiger partial charge in [0.25, 0.3) is 0 Å². The lowest BCUT2D eigenvalue weighted by Gasteiger charge is -2.36. The first-order valence-electron chi connectivity index (χ1n) is 12.8. The number of esters is 1. The van der Waals surface area contributed by atoms with Crippen LogP contribution in [0.2, 0.25) is 0 Å². The topological polar surface area (TPSA) is 99.6 Å². The Labute approximate surface area is 210 Å². The van der Waals surface area contributed by atoms with Crippen molar-refractivity contribution in [3.63, 3.8) is 0 Å². The van der Waals surface area contributed by atoms with Crippen molar-refractivity contribution < 1.29 is 29.0 Å². The minimum Gasteiger partial charge on any atom is -0.461 e. The highest BCUT2D eigenvalue weighted by Gasteiger charge is 2.70. The maximum atomic E-state index is 14.1. The van der Waals surface area contributed by atoms with Gasteiger partial charge < -0.3 is 24.4 Å². The Hall–Kier alpha value is -1.88. The van der Waals surface area contributed by atoms with E-state index in [9.17, 15) is 19.5 Å². The quantitative estimate of drug-likeness (QED) is 0.286. The van der Waals surface area contributed by atoms with E-state index < -0.39 is 22.6 Å². The predicted molar refractivity (Wildman–Crippen MR) is 131 cm³/mol. The molecule has 5 atom stereocenters. The Morgan fingerprint density at radius 3 is 2.66 bits per heavy atom. The highest BCUT2D eigenvalue weighted by Crippen LogP contribution is 2.60. The number of cyclic esters (lactones) is 1. The zero-order chi connectivity index (χ0) is 24.4. The summed E-state index contributed by atoms with van der Waals surface area (Å²) in [4.78, 5) is 46.9. The Morgan fingerprint density at radius 1 is 1.03 bits per heavy atom. The van der Waals surface area contributed by atoms with Crippen molar-refractivity contribution in [2.24, 2.45) is 11.8 Å². The highest BCUT2D eigenvalue weighted by molar-refractivity contribution is 8.02. The summed E-state index contributed by atoms with van der Waals surface area (Å²) in [5.74, 6) is -1.72. The number of likely N-dealkylation sites (tertiary alicyclic amines) is 1. The number of amides is 2. The van der Waals surface area contributed by atoms with Crippen LogP contribution in [0.3, 0.4) is 0 Å². The number of hydrogen-bond acceptors (Lipinski definition) is 8. The number of rotatable bonds is 8. The van der Waals surface area contributed by atoms with E-state index in [4.69, 9.17) is 9.47 Å². The fourth-order valence-electron chi connectivity index (χ4n) is 6.11. The third-order valence-corrected chi connectivity index (χ3v) is 9.59. The molecule has 3 saturated heterocycles. The minimum atomic E-state index is -0.783. The van der Waals surface area contributed by atoms with Crippen molar-refractivity contribution in [2.45, 2.75) is 35.3 Å². The lowest BCUT2D eigenvalue weighted by Crippen LogP contribution is -2.54. The zero-order valence-electron chi connectivity index (χ0n) is 20.0. The molecule has 0 saturated carbocycles. The van der Waals surface area contributed by atoms with Crippen LogP contribution in [-0.4, -0.2) is 119 Å². The first-order chi connectivity index (χ1) is 17.1. The van der Waals surface area contributed by atoms with Gasteiger partial charge in [0, 0.05) is 51.1 Å². The normalized spacial score (nSPS) is 34.9. The molecule has 1 N–H and O–H groups in total. The van der Waals surface area contributed by atoms with E-state index in [1.165, 1.54) is 0 Å². The summed E-state index contributed by atoms with van der Waals surface area (Å²) < 4.78 is 10.1. The summed E-state index contributed by atoms with van der Waals surface area (Å²) in [6.07, 6.45) is 10.0. The summed E-state index contributed by atoms with van der Waals surface area (Å²) >= 11 is 1.58. The number of unbranched alkanes of at least 4 members (excludes halogenated alkanes) is 2. The van der Waals surface area contributed by atoms with Gasteiger partial charge in [-0.25, -0.2) is 0 Å². The van der Waals surface area contributed by atoms with E-state index in [1.54, 1.807) is 16.7 Å². The summed E-state index contributed by atoms with van der Waals surface area (Å²) in [5.41, 5.74) is 0. The third-order valence-electron chi connectivity index (χ3n) is 7.84. The van der Waals surface area contributed by atoms with Gasteiger partial charge in [-0.3, -0.25) is 19.3 Å². The van der Waals surface area contributed by atoms with Gasteiger partial charge in [-0.1, -0.05) is 24.3 Å². The van der Waals surface area contributed by atoms with Crippen molar-refractivity contribution >= 4 is 29.5 Å². The zero-order valence-corrected chi connectivity index (χ0v) is 20.9. The molecule has 1 spiro atoms. The third kappa shape index (κ3) is 4.54. The van der Waals surface area contributed by atoms with Gasteiger partial charge in [0.2, 0.25) is 11.8 Å². The van der Waals surface area contributed by atoms with Crippen molar-refractivity contribution in [3.05, 3.63) is 24.3 Å². The Kier molecular flexibility index (Phi) is 7.52. The summed E-state index contributed by atoms with van der Waals surface area (Å²) in [6.45, 7) is 5.76. The molecule has 5 rings (SSSR count). The molecule has 0 aromatic carbocycles. The van der Waals surface area contributed by atoms with Crippen molar-refractivity contribution in [1.29, 1.82) is 0 Å². The van der Waals surface area contributed by atoms with Crippen LogP contribution >= 0.6 is 11.8 Å². The molecule has 5 heterocycles. The van der Waals surface area contributed by atoms with Crippen LogP contribution in [0.25, 0.3) is 0 Å². The lowest BCUT2D eigenvalue weighted by atomic mass is 9.78. The molecular weight excluding hydrogens is 470 g/mol. The molecule has 192 valence electrons. The molecular formula is C25H35N3O6S. The number of ether oxygens (including phenoxy) is 2. The van der Waals surface area contributed by atoms with Crippen LogP contribution in [0, 0.1) is 11.8 Å². The second-order valence-electron chi connectivity index (χ2n) is 9.86. The highest BCUT2D eigenvalue weighted by atomic mass is 32.2. The van der Waals surface area contributed by atoms with Gasteiger partial charge in [0.05, 0.1) is 29.8 Å². The number of hydrogen-bond donors (Lipinski definition) is 1. The van der Waals surface area contributed by atoms with Crippen LogP contribution in [0.15, 0.2) is 24.3 Å². The van der Waals surface area contributed by atoms with Crippen molar-refractivity contribution in [2.75, 3.05) is 65.7 Å². The molecule has 0 aromatic heterocycles. The van der Waals surface area contributed by atoms with Gasteiger partial charge in [0.15, 0.2) is 0 Å². The van der Waals surface area contributed by atoms with Crippen LogP contribution in [-0.2, 0) is 23.9 Å². The second kappa shape index (κ2) is 10.6. The maximum Gasteiger partial charge on any atom is 0.311 e. The lowest BCUT2D eigenvalue weighted by molar-refractivity contribution is -0.151. The Bertz CT molecular complexity index is 890. The maximum absolute atomic E-state index is 14.1. The summed E-state index contributed by atoms with van der Waals surface area (Å²) in [5, 5.41) is 8.99. The largest absolute Gasteiger partial charge is 0.461 e. The van der Waals surface area contributed by atoms with Gasteiger partial charge in [-0.2, -0.15) is 0 Å². The number of aliphatic hydroxyl groups excluding tert-OH is 1. The molecule has 0 aliphatic carbocycles. The Balaban J connectivity index is 1.43. The SMILES string of the molecule is O=C1OCC=C[C@H]2S[C@]34C=CCN(CCN5CCOCC5)C(=O)C3N(CCCCCO)C(=O)[C@@H]4[C@@H]12. The molecule has 0 radical (unpaired) electrons. The van der Waals surface area contributed by atoms with E-state index in [0.29, 0.717) is 45.7 Å². The number of aliphatic hydroxyl groups is 1. The van der Waals surface area contributed by atoms with Crippen LogP contribution in [0.4, 0.5) is 0 Å². The molecule has 3 fully saturated rings. The molecule has 0 aromatic rings. The molecule has 0 bridgehead atoms. The van der Waals surface area contributed by atoms with Crippen LogP contribution < -0.4 is 0 Å². The number of thioether (sulfide) groups is 1. The molecule has 5 aliphatic heterocycles. The summed E-state index contributed by atoms with van der Waals surface area (Å²) in [7, 11) is 0. The molecule has 5 aliphatic rings. The molecule has 10 heteroatoms. The minimum absolute atomic E-state index is 0.0393. The number of carbonyl (C=O) groups is 3. The smallest absolute Gasteiger partial charge is 0.311 e. The van der Waals surface area contributed by atoms with Crippen molar-refractivity contribution in [3.8, 4) is 0 Å². The first kappa shape index (κ1) is 24.8. The number of carbonyl (C=O) groups excluding carboxylic acids is 3. The first-order valence-corrected chi connectivity index (χ1v) is 13.6. The molecule has 1 unspecified atom stereocenters. The van der Waals surface area contributed by atoms with E-state index in [0.717, 1.165) is 26.1 Å². The second-order valence-corrected chi connectivity index (χ2v) is 11.3. The molecule has 9 nitrogen and oxygen atoms in total. The van der Waals surface area contributed by atoms with Gasteiger partial charge in [-0.15, -0.1) is 11.8 Å². The predicted octanol–water partition coefficient (Wildman–Crippen LogP) is 0.290. The van der Waals surface area contributed by atoms with E-state index in [-0.39, 0.29) is 36.2 Å². The standard InChI is InChI=1S/C25H35N3O6S/c29-14-3-1-2-9-28-21-23(31)27(11-10-26-12-16-33-17-13-26)8-5-7-25(21)20(22(28)30)19-18(35-25)6-4-15-34-24(19)32/h4-7,18-21,29H,1-3,8-17H2/t18-,19+,20+,21?,25+/m1/s1. The molecule has 35 heavy (non-hydrogen) atoms. The molecule has 2 amide bonds. The fourth-order valence-corrected chi connectivity index (χ4v) is 8.12. The number of nitrogens with zero attached hydrogens (tertiary/aromatic N) is 3. The monoisotopic (exact) mass is 505 g/mol. The van der Waals surface area contributed by atoms with E-state index in [2.05, 4.69) is 4.90 Å². The average Bonchev–Trinajstić information content (AvgIpc) is 3.16. The van der Waals surface area contributed by atoms with Crippen LogP contribution in [0.5, 0.6) is 0 Å². The van der Waals surface area contributed by atoms with E-state index in [1.807, 2.05) is 29.2 Å². The Morgan fingerprint density at radius 2 is 1.86 bits per heavy atom. The van der Waals surface area contributed by atoms with Crippen molar-refractivity contribution in [1.82, 2.24) is 14.7 Å². The number of morpholine rings is 1. The average molecular weight is 506 g/mol. The van der Waals surface area contributed by atoms with Gasteiger partial charge in [0.1, 0.15) is 12.6 Å². The van der Waals surface area contributed by atoms with Crippen LogP contribution in [0.1, 0.15) is 19.3 Å².